The Bertz CT molecular complexity index is 952. The molecule has 0 unspecified atom stereocenters. The molecule has 2 aromatic rings. The van der Waals surface area contributed by atoms with Crippen LogP contribution in [0.25, 0.3) is 6.08 Å². The molecule has 1 amide bonds. The van der Waals surface area contributed by atoms with Gasteiger partial charge >= 0.3 is 5.97 Å². The lowest BCUT2D eigenvalue weighted by atomic mass is 10.1. The van der Waals surface area contributed by atoms with E-state index < -0.39 is 12.6 Å². The summed E-state index contributed by atoms with van der Waals surface area (Å²) in [7, 11) is 0. The number of amides is 1. The van der Waals surface area contributed by atoms with E-state index in [1.807, 2.05) is 0 Å². The molecular formula is C20H16ClNO6. The second kappa shape index (κ2) is 8.58. The molecule has 8 heteroatoms. The van der Waals surface area contributed by atoms with Gasteiger partial charge in [-0.25, -0.2) is 4.79 Å². The van der Waals surface area contributed by atoms with Crippen LogP contribution in [0.1, 0.15) is 22.8 Å². The van der Waals surface area contributed by atoms with E-state index in [1.165, 1.54) is 19.1 Å². The molecule has 1 heterocycles. The first-order valence-corrected chi connectivity index (χ1v) is 8.65. The number of rotatable bonds is 6. The number of carbonyl (C=O) groups excluding carboxylic acids is 3. The van der Waals surface area contributed by atoms with E-state index >= 15 is 0 Å². The fourth-order valence-electron chi connectivity index (χ4n) is 2.46. The third-order valence-corrected chi connectivity index (χ3v) is 4.01. The van der Waals surface area contributed by atoms with Gasteiger partial charge in [0.2, 0.25) is 12.7 Å². The highest BCUT2D eigenvalue weighted by atomic mass is 35.5. The average Bonchev–Trinajstić information content (AvgIpc) is 3.14. The second-order valence-corrected chi connectivity index (χ2v) is 6.27. The summed E-state index contributed by atoms with van der Waals surface area (Å²) in [5.74, 6) is -0.266. The zero-order valence-corrected chi connectivity index (χ0v) is 15.6. The number of hydrogen-bond acceptors (Lipinski definition) is 6. The van der Waals surface area contributed by atoms with Gasteiger partial charge in [0.25, 0.3) is 0 Å². The molecule has 0 fully saturated rings. The Balaban J connectivity index is 1.54. The third-order valence-electron chi connectivity index (χ3n) is 3.73. The number of anilines is 1. The van der Waals surface area contributed by atoms with Gasteiger partial charge in [0, 0.05) is 24.3 Å². The zero-order chi connectivity index (χ0) is 20.1. The molecule has 144 valence electrons. The number of nitrogens with one attached hydrogen (secondary N) is 1. The number of Topliss-reactive ketones (excluding diaryl/α,β-unsaturated/α-hetero) is 1. The quantitative estimate of drug-likeness (QED) is 0.453. The summed E-state index contributed by atoms with van der Waals surface area (Å²) >= 11 is 6.08. The molecule has 0 saturated heterocycles. The summed E-state index contributed by atoms with van der Waals surface area (Å²) in [4.78, 5) is 34.9. The highest BCUT2D eigenvalue weighted by Crippen LogP contribution is 2.40. The van der Waals surface area contributed by atoms with Crippen LogP contribution < -0.4 is 14.8 Å². The minimum Gasteiger partial charge on any atom is -0.454 e. The van der Waals surface area contributed by atoms with Gasteiger partial charge in [0.05, 0.1) is 5.02 Å². The van der Waals surface area contributed by atoms with E-state index in [1.54, 1.807) is 36.4 Å². The minimum atomic E-state index is -0.669. The van der Waals surface area contributed by atoms with E-state index in [2.05, 4.69) is 5.32 Å². The monoisotopic (exact) mass is 401 g/mol. The summed E-state index contributed by atoms with van der Waals surface area (Å²) < 4.78 is 15.4. The maximum Gasteiger partial charge on any atom is 0.331 e. The number of esters is 1. The second-order valence-electron chi connectivity index (χ2n) is 5.86. The van der Waals surface area contributed by atoms with Crippen molar-refractivity contribution in [2.45, 2.75) is 6.92 Å². The number of ether oxygens (including phenoxy) is 3. The Kier molecular flexibility index (Phi) is 5.96. The SMILES string of the molecule is CC(=O)Nc1ccc(C(=O)COC(=O)/C=C/c2cc(Cl)c3c(c2)OCO3)cc1. The van der Waals surface area contributed by atoms with Crippen LogP contribution in [0, 0.1) is 0 Å². The Labute approximate surface area is 165 Å². The molecule has 1 N–H and O–H groups in total. The molecule has 7 nitrogen and oxygen atoms in total. The van der Waals surface area contributed by atoms with Gasteiger partial charge in [-0.2, -0.15) is 0 Å². The van der Waals surface area contributed by atoms with Gasteiger partial charge in [-0.1, -0.05) is 11.6 Å². The lowest BCUT2D eigenvalue weighted by Gasteiger charge is -2.05. The van der Waals surface area contributed by atoms with Gasteiger partial charge in [0.1, 0.15) is 0 Å². The van der Waals surface area contributed by atoms with Crippen molar-refractivity contribution >= 4 is 41.0 Å². The van der Waals surface area contributed by atoms with Crippen molar-refractivity contribution in [1.82, 2.24) is 0 Å². The average molecular weight is 402 g/mol. The molecule has 0 radical (unpaired) electrons. The van der Waals surface area contributed by atoms with Crippen molar-refractivity contribution in [3.8, 4) is 11.5 Å². The summed E-state index contributed by atoms with van der Waals surface area (Å²) in [6.45, 7) is 1.09. The molecule has 1 aliphatic heterocycles. The van der Waals surface area contributed by atoms with Crippen LogP contribution in [0.15, 0.2) is 42.5 Å². The van der Waals surface area contributed by atoms with E-state index in [4.69, 9.17) is 25.8 Å². The van der Waals surface area contributed by atoms with Crippen molar-refractivity contribution in [3.63, 3.8) is 0 Å². The van der Waals surface area contributed by atoms with Crippen LogP contribution in [-0.4, -0.2) is 31.1 Å². The molecule has 0 atom stereocenters. The topological polar surface area (TPSA) is 90.9 Å². The largest absolute Gasteiger partial charge is 0.454 e. The van der Waals surface area contributed by atoms with E-state index in [-0.39, 0.29) is 18.5 Å². The van der Waals surface area contributed by atoms with Crippen LogP contribution >= 0.6 is 11.6 Å². The van der Waals surface area contributed by atoms with E-state index in [0.717, 1.165) is 0 Å². The zero-order valence-electron chi connectivity index (χ0n) is 14.9. The van der Waals surface area contributed by atoms with Crippen molar-refractivity contribution < 1.29 is 28.6 Å². The van der Waals surface area contributed by atoms with Gasteiger partial charge in [-0.05, 0) is 48.0 Å². The fraction of sp³-hybridized carbons (Fsp3) is 0.150. The molecule has 1 aliphatic rings. The van der Waals surface area contributed by atoms with Crippen LogP contribution in [-0.2, 0) is 14.3 Å². The molecule has 0 bridgehead atoms. The molecule has 0 aromatic heterocycles. The summed E-state index contributed by atoms with van der Waals surface area (Å²) in [6, 6.07) is 9.59. The van der Waals surface area contributed by atoms with Gasteiger partial charge in [-0.15, -0.1) is 0 Å². The smallest absolute Gasteiger partial charge is 0.331 e. The molecule has 0 saturated carbocycles. The normalized spacial score (nSPS) is 12.1. The highest BCUT2D eigenvalue weighted by molar-refractivity contribution is 6.32. The number of halogens is 1. The van der Waals surface area contributed by atoms with Gasteiger partial charge in [0.15, 0.2) is 23.9 Å². The van der Waals surface area contributed by atoms with E-state index in [0.29, 0.717) is 33.3 Å². The number of carbonyl (C=O) groups is 3. The Morgan fingerprint density at radius 3 is 2.64 bits per heavy atom. The molecule has 3 rings (SSSR count). The van der Waals surface area contributed by atoms with Crippen LogP contribution in [0.4, 0.5) is 5.69 Å². The van der Waals surface area contributed by atoms with Crippen LogP contribution in [0.2, 0.25) is 5.02 Å². The van der Waals surface area contributed by atoms with Crippen molar-refractivity contribution in [2.75, 3.05) is 18.7 Å². The third kappa shape index (κ3) is 4.89. The molecule has 0 spiro atoms. The summed E-state index contributed by atoms with van der Waals surface area (Å²) in [6.07, 6.45) is 2.70. The first-order valence-electron chi connectivity index (χ1n) is 8.27. The summed E-state index contributed by atoms with van der Waals surface area (Å²) in [5, 5.41) is 2.98. The lowest BCUT2D eigenvalue weighted by molar-refractivity contribution is -0.136. The number of hydrogen-bond donors (Lipinski definition) is 1. The maximum atomic E-state index is 12.1. The van der Waals surface area contributed by atoms with Crippen LogP contribution in [0.3, 0.4) is 0 Å². The predicted molar refractivity (Wildman–Crippen MR) is 103 cm³/mol. The first kappa shape index (κ1) is 19.4. The standard InChI is InChI=1S/C20H16ClNO6/c1-12(23)22-15-5-3-14(4-6-15)17(24)10-26-19(25)7-2-13-8-16(21)20-18(9-13)27-11-28-20/h2-9H,10-11H2,1H3,(H,22,23)/b7-2+. The molecule has 0 aliphatic carbocycles. The van der Waals surface area contributed by atoms with E-state index in [9.17, 15) is 14.4 Å². The molecule has 28 heavy (non-hydrogen) atoms. The van der Waals surface area contributed by atoms with Crippen molar-refractivity contribution in [2.24, 2.45) is 0 Å². The fourth-order valence-corrected chi connectivity index (χ4v) is 2.73. The Morgan fingerprint density at radius 1 is 1.18 bits per heavy atom. The predicted octanol–water partition coefficient (Wildman–Crippen LogP) is 3.47. The highest BCUT2D eigenvalue weighted by Gasteiger charge is 2.17. The molecular weight excluding hydrogens is 386 g/mol. The van der Waals surface area contributed by atoms with Crippen molar-refractivity contribution in [1.29, 1.82) is 0 Å². The van der Waals surface area contributed by atoms with Crippen molar-refractivity contribution in [3.05, 3.63) is 58.6 Å². The number of ketones is 1. The Hall–Kier alpha value is -3.32. The number of fused-ring (bicyclic) bond motifs is 1. The minimum absolute atomic E-state index is 0.0954. The van der Waals surface area contributed by atoms with Gasteiger partial charge < -0.3 is 19.5 Å². The van der Waals surface area contributed by atoms with Gasteiger partial charge in [-0.3, -0.25) is 9.59 Å². The lowest BCUT2D eigenvalue weighted by Crippen LogP contribution is -2.13. The summed E-state index contributed by atoms with van der Waals surface area (Å²) in [5.41, 5.74) is 1.57. The first-order chi connectivity index (χ1) is 13.4. The molecule has 2 aromatic carbocycles. The Morgan fingerprint density at radius 2 is 1.93 bits per heavy atom. The number of benzene rings is 2. The van der Waals surface area contributed by atoms with Crippen LogP contribution in [0.5, 0.6) is 11.5 Å². The maximum absolute atomic E-state index is 12.1.